The molecule has 0 spiro atoms. The number of hydrogen-bond donors (Lipinski definition) is 3. The van der Waals surface area contributed by atoms with Crippen LogP contribution in [0.4, 0.5) is 5.69 Å². The van der Waals surface area contributed by atoms with Gasteiger partial charge < -0.3 is 4.98 Å². The number of nitrogens with zero attached hydrogens (tertiary/aromatic N) is 2. The van der Waals surface area contributed by atoms with Gasteiger partial charge in [0.2, 0.25) is 5.91 Å². The molecule has 1 aromatic heterocycles. The monoisotopic (exact) mass is 461 g/mol. The van der Waals surface area contributed by atoms with E-state index in [1.165, 1.54) is 18.2 Å². The van der Waals surface area contributed by atoms with Gasteiger partial charge in [0.15, 0.2) is 5.16 Å². The number of thioether (sulfide) groups is 1. The van der Waals surface area contributed by atoms with Crippen LogP contribution in [0.25, 0.3) is 11.0 Å². The zero-order chi connectivity index (χ0) is 23.2. The zero-order valence-corrected chi connectivity index (χ0v) is 18.1. The van der Waals surface area contributed by atoms with Gasteiger partial charge in [-0.2, -0.15) is 0 Å². The molecule has 33 heavy (non-hydrogen) atoms. The number of hydrazine groups is 1. The third-order valence-electron chi connectivity index (χ3n) is 4.81. The molecule has 0 unspecified atom stereocenters. The first-order valence-corrected chi connectivity index (χ1v) is 11.0. The van der Waals surface area contributed by atoms with Gasteiger partial charge in [0.25, 0.3) is 11.6 Å². The van der Waals surface area contributed by atoms with Crippen LogP contribution in [-0.2, 0) is 17.0 Å². The quantitative estimate of drug-likeness (QED) is 0.218. The predicted octanol–water partition coefficient (Wildman–Crippen LogP) is 3.77. The molecule has 1 heterocycles. The van der Waals surface area contributed by atoms with Crippen LogP contribution in [0.15, 0.2) is 78.0 Å². The number of fused-ring (bicyclic) bond motifs is 1. The molecule has 4 rings (SSSR count). The SMILES string of the molecule is O=C(Cc1ccccc1[N+](=O)[O-])NNC(=O)c1ccc(CSc2nc3ccccc3[nH]2)cc1. The van der Waals surface area contributed by atoms with Crippen LogP contribution in [0.1, 0.15) is 21.5 Å². The van der Waals surface area contributed by atoms with Gasteiger partial charge in [-0.3, -0.25) is 30.6 Å². The van der Waals surface area contributed by atoms with Gasteiger partial charge in [-0.05, 0) is 29.8 Å². The maximum atomic E-state index is 12.3. The fourth-order valence-electron chi connectivity index (χ4n) is 3.16. The number of rotatable bonds is 7. The Labute approximate surface area is 192 Å². The minimum atomic E-state index is -0.559. The van der Waals surface area contributed by atoms with E-state index in [0.717, 1.165) is 21.8 Å². The highest BCUT2D eigenvalue weighted by Gasteiger charge is 2.16. The average Bonchev–Trinajstić information content (AvgIpc) is 3.25. The first-order valence-electron chi connectivity index (χ1n) is 9.97. The lowest BCUT2D eigenvalue weighted by molar-refractivity contribution is -0.385. The van der Waals surface area contributed by atoms with Crippen LogP contribution in [0.2, 0.25) is 0 Å². The molecular weight excluding hydrogens is 442 g/mol. The lowest BCUT2D eigenvalue weighted by Gasteiger charge is -2.08. The molecule has 0 aliphatic rings. The van der Waals surface area contributed by atoms with Crippen LogP contribution in [-0.4, -0.2) is 26.7 Å². The number of H-pyrrole nitrogens is 1. The Morgan fingerprint density at radius 2 is 1.70 bits per heavy atom. The smallest absolute Gasteiger partial charge is 0.273 e. The number of carbonyl (C=O) groups is 2. The molecule has 0 aliphatic heterocycles. The number of nitro groups is 1. The van der Waals surface area contributed by atoms with Gasteiger partial charge in [0, 0.05) is 22.9 Å². The number of hydrogen-bond acceptors (Lipinski definition) is 6. The Balaban J connectivity index is 1.28. The summed E-state index contributed by atoms with van der Waals surface area (Å²) in [5.41, 5.74) is 8.02. The molecule has 0 bridgehead atoms. The van der Waals surface area contributed by atoms with Gasteiger partial charge in [-0.1, -0.05) is 54.2 Å². The van der Waals surface area contributed by atoms with Gasteiger partial charge in [-0.15, -0.1) is 0 Å². The standard InChI is InChI=1S/C23H19N5O4S/c29-21(13-17-5-1-4-8-20(17)28(31)32)26-27-22(30)16-11-9-15(10-12-16)14-33-23-24-18-6-2-3-7-19(18)25-23/h1-12H,13-14H2,(H,24,25)(H,26,29)(H,27,30). The Hall–Kier alpha value is -4.18. The van der Waals surface area contributed by atoms with Crippen LogP contribution in [0, 0.1) is 10.1 Å². The number of aromatic amines is 1. The largest absolute Gasteiger partial charge is 0.333 e. The number of para-hydroxylation sites is 3. The van der Waals surface area contributed by atoms with Gasteiger partial charge in [-0.25, -0.2) is 4.98 Å². The number of nitro benzene ring substituents is 1. The number of imidazole rings is 1. The molecule has 2 amide bonds. The van der Waals surface area contributed by atoms with Crippen molar-refractivity contribution in [3.05, 3.63) is 99.6 Å². The first kappa shape index (κ1) is 22.0. The summed E-state index contributed by atoms with van der Waals surface area (Å²) in [4.78, 5) is 42.7. The van der Waals surface area contributed by atoms with Gasteiger partial charge in [0.1, 0.15) is 0 Å². The van der Waals surface area contributed by atoms with E-state index in [1.54, 1.807) is 30.0 Å². The number of nitrogens with one attached hydrogen (secondary N) is 3. The Morgan fingerprint density at radius 3 is 2.45 bits per heavy atom. The minimum Gasteiger partial charge on any atom is -0.333 e. The molecule has 0 saturated heterocycles. The van der Waals surface area contributed by atoms with Crippen LogP contribution < -0.4 is 10.9 Å². The van der Waals surface area contributed by atoms with Crippen molar-refractivity contribution in [2.45, 2.75) is 17.3 Å². The highest BCUT2D eigenvalue weighted by molar-refractivity contribution is 7.98. The summed E-state index contributed by atoms with van der Waals surface area (Å²) in [7, 11) is 0. The van der Waals surface area contributed by atoms with Crippen molar-refractivity contribution in [2.75, 3.05) is 0 Å². The average molecular weight is 462 g/mol. The van der Waals surface area contributed by atoms with Crippen molar-refractivity contribution in [1.82, 2.24) is 20.8 Å². The van der Waals surface area contributed by atoms with Crippen molar-refractivity contribution in [1.29, 1.82) is 0 Å². The summed E-state index contributed by atoms with van der Waals surface area (Å²) in [5, 5.41) is 11.9. The second-order valence-electron chi connectivity index (χ2n) is 7.11. The Bertz CT molecular complexity index is 1290. The Kier molecular flexibility index (Phi) is 6.65. The molecule has 3 aromatic carbocycles. The highest BCUT2D eigenvalue weighted by atomic mass is 32.2. The van der Waals surface area contributed by atoms with Crippen molar-refractivity contribution in [3.8, 4) is 0 Å². The summed E-state index contributed by atoms with van der Waals surface area (Å²) in [6.45, 7) is 0. The van der Waals surface area contributed by atoms with Crippen LogP contribution >= 0.6 is 11.8 Å². The molecule has 166 valence electrons. The zero-order valence-electron chi connectivity index (χ0n) is 17.3. The fourth-order valence-corrected chi connectivity index (χ4v) is 4.00. The lowest BCUT2D eigenvalue weighted by atomic mass is 10.1. The van der Waals surface area contributed by atoms with E-state index in [0.29, 0.717) is 11.3 Å². The van der Waals surface area contributed by atoms with Gasteiger partial charge in [0.05, 0.1) is 22.4 Å². The molecule has 0 fully saturated rings. The van der Waals surface area contributed by atoms with Crippen LogP contribution in [0.5, 0.6) is 0 Å². The van der Waals surface area contributed by atoms with Gasteiger partial charge >= 0.3 is 0 Å². The van der Waals surface area contributed by atoms with E-state index in [4.69, 9.17) is 0 Å². The Morgan fingerprint density at radius 1 is 0.970 bits per heavy atom. The fraction of sp³-hybridized carbons (Fsp3) is 0.0870. The van der Waals surface area contributed by atoms with E-state index < -0.39 is 16.7 Å². The summed E-state index contributed by atoms with van der Waals surface area (Å²) in [5.74, 6) is -0.368. The van der Waals surface area contributed by atoms with E-state index >= 15 is 0 Å². The van der Waals surface area contributed by atoms with Crippen molar-refractivity contribution in [3.63, 3.8) is 0 Å². The maximum absolute atomic E-state index is 12.3. The van der Waals surface area contributed by atoms with Crippen molar-refractivity contribution >= 4 is 40.3 Å². The van der Waals surface area contributed by atoms with E-state index in [1.807, 2.05) is 36.4 Å². The number of aromatic nitrogens is 2. The topological polar surface area (TPSA) is 130 Å². The van der Waals surface area contributed by atoms with E-state index in [2.05, 4.69) is 20.8 Å². The minimum absolute atomic E-state index is 0.143. The predicted molar refractivity (Wildman–Crippen MR) is 125 cm³/mol. The van der Waals surface area contributed by atoms with E-state index in [9.17, 15) is 19.7 Å². The number of amides is 2. The molecule has 10 heteroatoms. The first-order chi connectivity index (χ1) is 16.0. The third-order valence-corrected chi connectivity index (χ3v) is 5.76. The number of benzene rings is 3. The van der Waals surface area contributed by atoms with E-state index in [-0.39, 0.29) is 17.7 Å². The molecule has 9 nitrogen and oxygen atoms in total. The second kappa shape index (κ2) is 9.96. The summed E-state index contributed by atoms with van der Waals surface area (Å²) >= 11 is 1.56. The normalized spacial score (nSPS) is 10.7. The highest BCUT2D eigenvalue weighted by Crippen LogP contribution is 2.23. The molecule has 0 aliphatic carbocycles. The lowest BCUT2D eigenvalue weighted by Crippen LogP contribution is -2.42. The summed E-state index contributed by atoms with van der Waals surface area (Å²) in [6, 6.07) is 20.8. The molecular formula is C23H19N5O4S. The maximum Gasteiger partial charge on any atom is 0.273 e. The van der Waals surface area contributed by atoms with Crippen LogP contribution in [0.3, 0.4) is 0 Å². The third kappa shape index (κ3) is 5.55. The molecule has 3 N–H and O–H groups in total. The molecule has 0 saturated carbocycles. The summed E-state index contributed by atoms with van der Waals surface area (Å²) in [6.07, 6.45) is -0.227. The van der Waals surface area contributed by atoms with Crippen molar-refractivity contribution in [2.24, 2.45) is 0 Å². The van der Waals surface area contributed by atoms with Crippen molar-refractivity contribution < 1.29 is 14.5 Å². The molecule has 0 atom stereocenters. The molecule has 4 aromatic rings. The summed E-state index contributed by atoms with van der Waals surface area (Å²) < 4.78 is 0. The second-order valence-corrected chi connectivity index (χ2v) is 8.07. The number of carbonyl (C=O) groups excluding carboxylic acids is 2. The molecule has 0 radical (unpaired) electrons.